The fraction of sp³-hybridized carbons (Fsp3) is 0.923. The number of piperidine rings is 1. The number of ether oxygens (including phenoxy) is 1. The summed E-state index contributed by atoms with van der Waals surface area (Å²) in [6, 6.07) is 0. The molecule has 0 aromatic heterocycles. The summed E-state index contributed by atoms with van der Waals surface area (Å²) < 4.78 is 5.01. The van der Waals surface area contributed by atoms with Gasteiger partial charge in [0, 0.05) is 39.3 Å². The smallest absolute Gasteiger partial charge is 0.223 e. The van der Waals surface area contributed by atoms with Gasteiger partial charge in [-0.2, -0.15) is 0 Å². The average molecular weight is 294 g/mol. The monoisotopic (exact) mass is 293 g/mol. The molecule has 5 nitrogen and oxygen atoms in total. The molecule has 0 bridgehead atoms. The van der Waals surface area contributed by atoms with Crippen LogP contribution in [0.1, 0.15) is 19.3 Å². The highest BCUT2D eigenvalue weighted by Crippen LogP contribution is 2.10. The van der Waals surface area contributed by atoms with Crippen LogP contribution in [0, 0.1) is 5.92 Å². The zero-order chi connectivity index (χ0) is 13.2. The molecule has 0 aliphatic carbocycles. The molecule has 1 saturated heterocycles. The Morgan fingerprint density at radius 2 is 2.05 bits per heavy atom. The van der Waals surface area contributed by atoms with Crippen LogP contribution in [0.15, 0.2) is 0 Å². The quantitative estimate of drug-likeness (QED) is 0.640. The first-order valence-corrected chi connectivity index (χ1v) is 6.90. The molecule has 0 atom stereocenters. The zero-order valence-corrected chi connectivity index (χ0v) is 12.9. The van der Waals surface area contributed by atoms with Crippen molar-refractivity contribution in [3.63, 3.8) is 0 Å². The molecule has 6 heteroatoms. The number of nitrogens with zero attached hydrogens (tertiary/aromatic N) is 1. The Labute approximate surface area is 122 Å². The first-order chi connectivity index (χ1) is 8.74. The molecule has 1 fully saturated rings. The van der Waals surface area contributed by atoms with Crippen molar-refractivity contribution < 1.29 is 9.53 Å². The van der Waals surface area contributed by atoms with E-state index < -0.39 is 0 Å². The molecule has 0 aromatic carbocycles. The molecule has 1 rings (SSSR count). The van der Waals surface area contributed by atoms with Crippen molar-refractivity contribution in [1.29, 1.82) is 0 Å². The van der Waals surface area contributed by atoms with E-state index in [1.807, 2.05) is 0 Å². The Morgan fingerprint density at radius 1 is 1.37 bits per heavy atom. The van der Waals surface area contributed by atoms with Gasteiger partial charge in [-0.25, -0.2) is 0 Å². The maximum Gasteiger partial charge on any atom is 0.223 e. The summed E-state index contributed by atoms with van der Waals surface area (Å²) in [6.45, 7) is 5.39. The van der Waals surface area contributed by atoms with Crippen LogP contribution in [0.3, 0.4) is 0 Å². The van der Waals surface area contributed by atoms with Gasteiger partial charge < -0.3 is 20.3 Å². The summed E-state index contributed by atoms with van der Waals surface area (Å²) in [5, 5.41) is 6.31. The van der Waals surface area contributed by atoms with Gasteiger partial charge in [0.2, 0.25) is 5.91 Å². The number of hydrogen-bond acceptors (Lipinski definition) is 4. The van der Waals surface area contributed by atoms with E-state index in [0.29, 0.717) is 0 Å². The number of amides is 1. The molecule has 0 unspecified atom stereocenters. The number of nitrogens with one attached hydrogen (secondary N) is 2. The first-order valence-electron chi connectivity index (χ1n) is 6.90. The third-order valence-corrected chi connectivity index (χ3v) is 3.39. The van der Waals surface area contributed by atoms with E-state index in [1.165, 1.54) is 0 Å². The fourth-order valence-electron chi connectivity index (χ4n) is 2.19. The summed E-state index contributed by atoms with van der Waals surface area (Å²) in [5.74, 6) is 0.437. The van der Waals surface area contributed by atoms with Crippen molar-refractivity contribution >= 4 is 18.3 Å². The SMILES string of the molecule is COCCCN(C)CCNC(=O)C1CCNCC1.Cl. The van der Waals surface area contributed by atoms with E-state index in [2.05, 4.69) is 22.6 Å². The van der Waals surface area contributed by atoms with Crippen molar-refractivity contribution in [2.45, 2.75) is 19.3 Å². The van der Waals surface area contributed by atoms with Gasteiger partial charge in [0.1, 0.15) is 0 Å². The van der Waals surface area contributed by atoms with Crippen molar-refractivity contribution in [2.75, 3.05) is 53.5 Å². The van der Waals surface area contributed by atoms with E-state index in [4.69, 9.17) is 4.74 Å². The van der Waals surface area contributed by atoms with Crippen LogP contribution in [0.25, 0.3) is 0 Å². The number of halogens is 1. The van der Waals surface area contributed by atoms with Crippen LogP contribution < -0.4 is 10.6 Å². The minimum absolute atomic E-state index is 0. The van der Waals surface area contributed by atoms with Crippen molar-refractivity contribution in [3.05, 3.63) is 0 Å². The molecule has 0 spiro atoms. The second-order valence-corrected chi connectivity index (χ2v) is 4.96. The lowest BCUT2D eigenvalue weighted by Crippen LogP contribution is -2.40. The van der Waals surface area contributed by atoms with E-state index in [9.17, 15) is 4.79 Å². The van der Waals surface area contributed by atoms with Crippen molar-refractivity contribution in [3.8, 4) is 0 Å². The second kappa shape index (κ2) is 11.5. The summed E-state index contributed by atoms with van der Waals surface area (Å²) >= 11 is 0. The van der Waals surface area contributed by atoms with E-state index in [0.717, 1.165) is 58.6 Å². The summed E-state index contributed by atoms with van der Waals surface area (Å²) in [7, 11) is 3.80. The number of carbonyl (C=O) groups is 1. The molecule has 19 heavy (non-hydrogen) atoms. The number of methoxy groups -OCH3 is 1. The molecule has 1 amide bonds. The maximum absolute atomic E-state index is 11.9. The van der Waals surface area contributed by atoms with Crippen molar-refractivity contribution in [2.24, 2.45) is 5.92 Å². The Kier molecular flexibility index (Phi) is 11.2. The predicted molar refractivity (Wildman–Crippen MR) is 79.8 cm³/mol. The molecular formula is C13H28ClN3O2. The Morgan fingerprint density at radius 3 is 2.68 bits per heavy atom. The standard InChI is InChI=1S/C13H27N3O2.ClH/c1-16(9-3-11-18-2)10-8-15-13(17)12-4-6-14-7-5-12;/h12,14H,3-11H2,1-2H3,(H,15,17);1H. The lowest BCUT2D eigenvalue weighted by Gasteiger charge is -2.22. The highest BCUT2D eigenvalue weighted by atomic mass is 35.5. The van der Waals surface area contributed by atoms with Crippen LogP contribution in [0.2, 0.25) is 0 Å². The third-order valence-electron chi connectivity index (χ3n) is 3.39. The molecule has 114 valence electrons. The fourth-order valence-corrected chi connectivity index (χ4v) is 2.19. The topological polar surface area (TPSA) is 53.6 Å². The van der Waals surface area contributed by atoms with Crippen LogP contribution >= 0.6 is 12.4 Å². The normalized spacial score (nSPS) is 16.2. The summed E-state index contributed by atoms with van der Waals surface area (Å²) in [5.41, 5.74) is 0. The molecule has 2 N–H and O–H groups in total. The number of rotatable bonds is 8. The van der Waals surface area contributed by atoms with Gasteiger partial charge in [-0.15, -0.1) is 12.4 Å². The largest absolute Gasteiger partial charge is 0.385 e. The molecule has 0 saturated carbocycles. The van der Waals surface area contributed by atoms with E-state index in [-0.39, 0.29) is 24.2 Å². The molecule has 1 aliphatic heterocycles. The van der Waals surface area contributed by atoms with Crippen LogP contribution in [0.5, 0.6) is 0 Å². The van der Waals surface area contributed by atoms with Crippen LogP contribution in [-0.2, 0) is 9.53 Å². The van der Waals surface area contributed by atoms with Gasteiger partial charge in [-0.3, -0.25) is 4.79 Å². The van der Waals surface area contributed by atoms with Gasteiger partial charge in [0.25, 0.3) is 0 Å². The highest BCUT2D eigenvalue weighted by Gasteiger charge is 2.20. The highest BCUT2D eigenvalue weighted by molar-refractivity contribution is 5.85. The predicted octanol–water partition coefficient (Wildman–Crippen LogP) is 0.492. The van der Waals surface area contributed by atoms with Gasteiger partial charge in [0.15, 0.2) is 0 Å². The van der Waals surface area contributed by atoms with E-state index >= 15 is 0 Å². The molecule has 1 heterocycles. The van der Waals surface area contributed by atoms with Crippen LogP contribution in [-0.4, -0.2) is 64.3 Å². The van der Waals surface area contributed by atoms with Gasteiger partial charge in [-0.1, -0.05) is 0 Å². The second-order valence-electron chi connectivity index (χ2n) is 4.96. The Hall–Kier alpha value is -0.360. The first kappa shape index (κ1) is 18.6. The zero-order valence-electron chi connectivity index (χ0n) is 12.1. The van der Waals surface area contributed by atoms with Crippen molar-refractivity contribution in [1.82, 2.24) is 15.5 Å². The number of hydrogen-bond donors (Lipinski definition) is 2. The Balaban J connectivity index is 0.00000324. The van der Waals surface area contributed by atoms with Gasteiger partial charge >= 0.3 is 0 Å². The average Bonchev–Trinajstić information content (AvgIpc) is 2.40. The third kappa shape index (κ3) is 8.42. The van der Waals surface area contributed by atoms with Gasteiger partial charge in [-0.05, 0) is 39.4 Å². The molecule has 0 radical (unpaired) electrons. The minimum Gasteiger partial charge on any atom is -0.385 e. The van der Waals surface area contributed by atoms with E-state index in [1.54, 1.807) is 7.11 Å². The lowest BCUT2D eigenvalue weighted by atomic mass is 9.97. The summed E-state index contributed by atoms with van der Waals surface area (Å²) in [6.07, 6.45) is 2.97. The Bertz CT molecular complexity index is 236. The number of carbonyl (C=O) groups excluding carboxylic acids is 1. The maximum atomic E-state index is 11.9. The van der Waals surface area contributed by atoms with Gasteiger partial charge in [0.05, 0.1) is 0 Å². The lowest BCUT2D eigenvalue weighted by molar-refractivity contribution is -0.125. The minimum atomic E-state index is 0. The summed E-state index contributed by atoms with van der Waals surface area (Å²) in [4.78, 5) is 14.1. The van der Waals surface area contributed by atoms with Crippen LogP contribution in [0.4, 0.5) is 0 Å². The molecule has 1 aliphatic rings. The molecule has 0 aromatic rings. The number of likely N-dealkylation sites (N-methyl/N-ethyl adjacent to an activating group) is 1. The molecular weight excluding hydrogens is 266 g/mol.